The summed E-state index contributed by atoms with van der Waals surface area (Å²) in [5, 5.41) is 0. The number of aromatic nitrogens is 1. The third-order valence-corrected chi connectivity index (χ3v) is 1.09. The van der Waals surface area contributed by atoms with Gasteiger partial charge in [0.2, 0.25) is 0 Å². The molecule has 0 saturated heterocycles. The summed E-state index contributed by atoms with van der Waals surface area (Å²) in [6.45, 7) is 5.55. The van der Waals surface area contributed by atoms with E-state index in [0.29, 0.717) is 5.56 Å². The average molecular weight is 157 g/mol. The van der Waals surface area contributed by atoms with Gasteiger partial charge in [0, 0.05) is 6.20 Å². The van der Waals surface area contributed by atoms with Crippen molar-refractivity contribution in [3.05, 3.63) is 34.0 Å². The summed E-state index contributed by atoms with van der Waals surface area (Å²) in [6.07, 6.45) is 1.42. The molecule has 1 N–H and O–H groups in total. The normalized spacial score (nSPS) is 8.36. The number of pyridine rings is 1. The predicted molar refractivity (Wildman–Crippen MR) is 43.1 cm³/mol. The van der Waals surface area contributed by atoms with Gasteiger partial charge in [-0.1, -0.05) is 13.8 Å². The van der Waals surface area contributed by atoms with Gasteiger partial charge in [-0.05, 0) is 18.6 Å². The van der Waals surface area contributed by atoms with Gasteiger partial charge in [0.15, 0.2) is 5.82 Å². The maximum absolute atomic E-state index is 12.4. The lowest BCUT2D eigenvalue weighted by atomic mass is 10.3. The van der Waals surface area contributed by atoms with E-state index in [9.17, 15) is 9.18 Å². The van der Waals surface area contributed by atoms with Gasteiger partial charge in [-0.2, -0.15) is 0 Å². The monoisotopic (exact) mass is 157 g/mol. The first kappa shape index (κ1) is 9.88. The van der Waals surface area contributed by atoms with E-state index < -0.39 is 11.4 Å². The summed E-state index contributed by atoms with van der Waals surface area (Å²) in [5.41, 5.74) is -0.284. The van der Waals surface area contributed by atoms with Crippen LogP contribution in [0.15, 0.2) is 17.1 Å². The molecule has 3 heteroatoms. The Morgan fingerprint density at radius 3 is 2.36 bits per heavy atom. The third-order valence-electron chi connectivity index (χ3n) is 1.09. The zero-order valence-corrected chi connectivity index (χ0v) is 6.94. The number of halogens is 1. The van der Waals surface area contributed by atoms with E-state index in [1.54, 1.807) is 6.92 Å². The molecule has 0 atom stereocenters. The van der Waals surface area contributed by atoms with Crippen LogP contribution in [0, 0.1) is 12.7 Å². The minimum Gasteiger partial charge on any atom is -0.327 e. The van der Waals surface area contributed by atoms with Crippen LogP contribution in [0.4, 0.5) is 4.39 Å². The Kier molecular flexibility index (Phi) is 4.18. The second kappa shape index (κ2) is 4.66. The first-order valence-corrected chi connectivity index (χ1v) is 3.55. The van der Waals surface area contributed by atoms with E-state index >= 15 is 0 Å². The van der Waals surface area contributed by atoms with Gasteiger partial charge in [0.1, 0.15) is 0 Å². The van der Waals surface area contributed by atoms with Gasteiger partial charge in [0.25, 0.3) is 5.56 Å². The van der Waals surface area contributed by atoms with Crippen LogP contribution in [-0.2, 0) is 0 Å². The predicted octanol–water partition coefficient (Wildman–Crippen LogP) is 1.85. The summed E-state index contributed by atoms with van der Waals surface area (Å²) in [7, 11) is 0. The summed E-state index contributed by atoms with van der Waals surface area (Å²) in [6, 6.07) is 1.51. The van der Waals surface area contributed by atoms with Crippen LogP contribution in [0.3, 0.4) is 0 Å². The molecule has 0 spiro atoms. The molecule has 1 aromatic rings. The van der Waals surface area contributed by atoms with E-state index in [0.717, 1.165) is 0 Å². The Bertz CT molecular complexity index is 267. The minimum atomic E-state index is -0.697. The molecule has 0 amide bonds. The number of H-pyrrole nitrogens is 1. The molecule has 1 aromatic heterocycles. The van der Waals surface area contributed by atoms with Crippen molar-refractivity contribution in [1.82, 2.24) is 4.98 Å². The Balaban J connectivity index is 0.000000461. The van der Waals surface area contributed by atoms with Crippen LogP contribution in [0.1, 0.15) is 19.4 Å². The highest BCUT2D eigenvalue weighted by molar-refractivity contribution is 5.09. The molecule has 2 nitrogen and oxygen atoms in total. The number of nitrogens with one attached hydrogen (secondary N) is 1. The molecule has 0 saturated carbocycles. The topological polar surface area (TPSA) is 32.9 Å². The summed E-state index contributed by atoms with van der Waals surface area (Å²) >= 11 is 0. The number of rotatable bonds is 0. The van der Waals surface area contributed by atoms with Crippen LogP contribution in [0.25, 0.3) is 0 Å². The molecule has 1 rings (SSSR count). The second-order valence-electron chi connectivity index (χ2n) is 1.80. The second-order valence-corrected chi connectivity index (χ2v) is 1.80. The standard InChI is InChI=1S/C6H6FNO.C2H6/c1-4-2-3-8-6(9)5(4)7;1-2/h2-3H,1H3,(H,8,9);1-2H3. The number of hydrogen-bond donors (Lipinski definition) is 1. The molecule has 1 heterocycles. The van der Waals surface area contributed by atoms with Crippen LogP contribution in [-0.4, -0.2) is 4.98 Å². The van der Waals surface area contributed by atoms with Gasteiger partial charge in [-0.3, -0.25) is 4.79 Å². The molecule has 0 radical (unpaired) electrons. The Labute approximate surface area is 65.1 Å². The minimum absolute atomic E-state index is 0.374. The van der Waals surface area contributed by atoms with Crippen LogP contribution < -0.4 is 5.56 Å². The van der Waals surface area contributed by atoms with Crippen molar-refractivity contribution in [2.24, 2.45) is 0 Å². The van der Waals surface area contributed by atoms with E-state index in [1.165, 1.54) is 12.3 Å². The maximum Gasteiger partial charge on any atom is 0.284 e. The van der Waals surface area contributed by atoms with Crippen molar-refractivity contribution in [3.63, 3.8) is 0 Å². The fourth-order valence-corrected chi connectivity index (χ4v) is 0.558. The van der Waals surface area contributed by atoms with Gasteiger partial charge < -0.3 is 4.98 Å². The van der Waals surface area contributed by atoms with Crippen molar-refractivity contribution >= 4 is 0 Å². The fourth-order valence-electron chi connectivity index (χ4n) is 0.558. The van der Waals surface area contributed by atoms with Crippen molar-refractivity contribution in [2.45, 2.75) is 20.8 Å². The molecule has 62 valence electrons. The third kappa shape index (κ3) is 2.53. The molecule has 0 unspecified atom stereocenters. The van der Waals surface area contributed by atoms with Crippen LogP contribution >= 0.6 is 0 Å². The van der Waals surface area contributed by atoms with E-state index in [2.05, 4.69) is 4.98 Å². The molecular formula is C8H12FNO. The number of hydrogen-bond acceptors (Lipinski definition) is 1. The smallest absolute Gasteiger partial charge is 0.284 e. The Morgan fingerprint density at radius 2 is 2.00 bits per heavy atom. The first-order chi connectivity index (χ1) is 5.22. The molecule has 0 fully saturated rings. The Hall–Kier alpha value is -1.12. The maximum atomic E-state index is 12.4. The zero-order valence-electron chi connectivity index (χ0n) is 6.94. The molecular weight excluding hydrogens is 145 g/mol. The SMILES string of the molecule is CC.Cc1cc[nH]c(=O)c1F. The van der Waals surface area contributed by atoms with Crippen LogP contribution in [0.2, 0.25) is 0 Å². The molecule has 0 bridgehead atoms. The van der Waals surface area contributed by atoms with Gasteiger partial charge in [0.05, 0.1) is 0 Å². The lowest BCUT2D eigenvalue weighted by Gasteiger charge is -1.89. The summed E-state index contributed by atoms with van der Waals surface area (Å²) in [4.78, 5) is 12.6. The average Bonchev–Trinajstić information content (AvgIpc) is 2.04. The largest absolute Gasteiger partial charge is 0.327 e. The number of aromatic amines is 1. The highest BCUT2D eigenvalue weighted by Gasteiger charge is 1.97. The van der Waals surface area contributed by atoms with Gasteiger partial charge in [-0.15, -0.1) is 0 Å². The number of aryl methyl sites for hydroxylation is 1. The van der Waals surface area contributed by atoms with Crippen molar-refractivity contribution in [2.75, 3.05) is 0 Å². The quantitative estimate of drug-likeness (QED) is 0.612. The van der Waals surface area contributed by atoms with Crippen LogP contribution in [0.5, 0.6) is 0 Å². The van der Waals surface area contributed by atoms with E-state index in [4.69, 9.17) is 0 Å². The summed E-state index contributed by atoms with van der Waals surface area (Å²) < 4.78 is 12.4. The first-order valence-electron chi connectivity index (χ1n) is 3.55. The molecule has 0 aliphatic heterocycles. The fraction of sp³-hybridized carbons (Fsp3) is 0.375. The van der Waals surface area contributed by atoms with Crippen molar-refractivity contribution < 1.29 is 4.39 Å². The Morgan fingerprint density at radius 1 is 1.45 bits per heavy atom. The lowest BCUT2D eigenvalue weighted by Crippen LogP contribution is -2.10. The lowest BCUT2D eigenvalue weighted by molar-refractivity contribution is 0.599. The van der Waals surface area contributed by atoms with Crippen molar-refractivity contribution in [1.29, 1.82) is 0 Å². The molecule has 0 aliphatic carbocycles. The highest BCUT2D eigenvalue weighted by atomic mass is 19.1. The van der Waals surface area contributed by atoms with Gasteiger partial charge >= 0.3 is 0 Å². The molecule has 0 aromatic carbocycles. The summed E-state index contributed by atoms with van der Waals surface area (Å²) in [5.74, 6) is -0.697. The molecule has 11 heavy (non-hydrogen) atoms. The van der Waals surface area contributed by atoms with E-state index in [1.807, 2.05) is 13.8 Å². The highest BCUT2D eigenvalue weighted by Crippen LogP contribution is 1.94. The van der Waals surface area contributed by atoms with Crippen molar-refractivity contribution in [3.8, 4) is 0 Å². The van der Waals surface area contributed by atoms with E-state index in [-0.39, 0.29) is 0 Å². The zero-order chi connectivity index (χ0) is 8.85. The van der Waals surface area contributed by atoms with Gasteiger partial charge in [-0.25, -0.2) is 4.39 Å². The molecule has 0 aliphatic rings.